The maximum Gasteiger partial charge on any atom is 0.247 e. The first-order valence-electron chi connectivity index (χ1n) is 7.65. The molecule has 0 saturated heterocycles. The van der Waals surface area contributed by atoms with Gasteiger partial charge in [0.05, 0.1) is 11.1 Å². The first-order valence-corrected chi connectivity index (χ1v) is 8.64. The average Bonchev–Trinajstić information content (AvgIpc) is 2.93. The third-order valence-electron chi connectivity index (χ3n) is 3.91. The maximum absolute atomic E-state index is 12.0. The van der Waals surface area contributed by atoms with E-state index in [1.54, 1.807) is 56.8 Å². The lowest BCUT2D eigenvalue weighted by Gasteiger charge is -2.31. The highest BCUT2D eigenvalue weighted by molar-refractivity contribution is 8.14. The minimum atomic E-state index is -0.808. The summed E-state index contributed by atoms with van der Waals surface area (Å²) in [4.78, 5) is 31.6. The quantitative estimate of drug-likeness (QED) is 0.659. The minimum absolute atomic E-state index is 0.00256. The summed E-state index contributed by atoms with van der Waals surface area (Å²) in [7, 11) is 8.54. The second-order valence-electron chi connectivity index (χ2n) is 6.28. The Balaban J connectivity index is 2.71. The zero-order chi connectivity index (χ0) is 17.7. The Morgan fingerprint density at radius 3 is 2.48 bits per heavy atom. The molecule has 0 saturated carbocycles. The van der Waals surface area contributed by atoms with Gasteiger partial charge in [0.1, 0.15) is 12.1 Å². The first-order chi connectivity index (χ1) is 10.7. The summed E-state index contributed by atoms with van der Waals surface area (Å²) in [5, 5.41) is 14.0. The predicted molar refractivity (Wildman–Crippen MR) is 93.7 cm³/mol. The fourth-order valence-corrected chi connectivity index (χ4v) is 3.66. The molecule has 4 atom stereocenters. The fourth-order valence-electron chi connectivity index (χ4n) is 2.51. The fraction of sp³-hybridized carbons (Fsp3) is 0.800. The SMILES string of the molecule is CNC(=O)[C@@H]([C@H](O)[C@H](C)CC1=NC(C(=O)N(C)C)CS1)N(C)C. The number of likely N-dealkylation sites (N-methyl/N-ethyl adjacent to an activating group) is 3. The Bertz CT molecular complexity index is 468. The molecule has 1 aliphatic rings. The van der Waals surface area contributed by atoms with Crippen molar-refractivity contribution in [3.8, 4) is 0 Å². The van der Waals surface area contributed by atoms with Crippen molar-refractivity contribution in [2.75, 3.05) is 41.0 Å². The van der Waals surface area contributed by atoms with Crippen LogP contribution >= 0.6 is 11.8 Å². The van der Waals surface area contributed by atoms with Gasteiger partial charge in [-0.05, 0) is 20.0 Å². The van der Waals surface area contributed by atoms with Crippen LogP contribution in [0.3, 0.4) is 0 Å². The Hall–Kier alpha value is -1.12. The number of thioether (sulfide) groups is 1. The molecule has 7 nitrogen and oxygen atoms in total. The van der Waals surface area contributed by atoms with Gasteiger partial charge in [-0.25, -0.2) is 0 Å². The van der Waals surface area contributed by atoms with Crippen LogP contribution in [0.25, 0.3) is 0 Å². The van der Waals surface area contributed by atoms with E-state index in [-0.39, 0.29) is 23.8 Å². The van der Waals surface area contributed by atoms with Crippen LogP contribution in [0.5, 0.6) is 0 Å². The van der Waals surface area contributed by atoms with Crippen LogP contribution in [-0.2, 0) is 9.59 Å². The highest BCUT2D eigenvalue weighted by Gasteiger charge is 2.34. The van der Waals surface area contributed by atoms with E-state index < -0.39 is 12.1 Å². The molecule has 0 aromatic carbocycles. The number of carbonyl (C=O) groups excluding carboxylic acids is 2. The van der Waals surface area contributed by atoms with E-state index >= 15 is 0 Å². The molecule has 0 aliphatic carbocycles. The highest BCUT2D eigenvalue weighted by Crippen LogP contribution is 2.26. The van der Waals surface area contributed by atoms with E-state index in [0.717, 1.165) is 5.04 Å². The van der Waals surface area contributed by atoms with Crippen molar-refractivity contribution >= 4 is 28.6 Å². The number of rotatable bonds is 7. The molecule has 2 amide bonds. The molecule has 0 aromatic rings. The van der Waals surface area contributed by atoms with Gasteiger partial charge in [0, 0.05) is 33.3 Å². The molecule has 0 fully saturated rings. The van der Waals surface area contributed by atoms with Crippen molar-refractivity contribution in [1.82, 2.24) is 15.1 Å². The van der Waals surface area contributed by atoms with E-state index in [2.05, 4.69) is 10.3 Å². The van der Waals surface area contributed by atoms with Gasteiger partial charge in [0.25, 0.3) is 0 Å². The normalized spacial score (nSPS) is 21.6. The number of amides is 2. The largest absolute Gasteiger partial charge is 0.391 e. The molecule has 23 heavy (non-hydrogen) atoms. The third-order valence-corrected chi connectivity index (χ3v) is 5.00. The summed E-state index contributed by atoms with van der Waals surface area (Å²) in [5.74, 6) is 0.286. The molecule has 1 heterocycles. The standard InChI is InChI=1S/C15H28N4O3S/c1-9(13(20)12(18(3)4)14(21)16-2)7-11-17-10(8-23-11)15(22)19(5)6/h9-10,12-13,20H,7-8H2,1-6H3,(H,16,21)/t9-,10?,12-,13-/m1/s1. The summed E-state index contributed by atoms with van der Waals surface area (Å²) >= 11 is 1.55. The van der Waals surface area contributed by atoms with Crippen LogP contribution in [0.2, 0.25) is 0 Å². The Labute approximate surface area is 142 Å². The molecule has 2 N–H and O–H groups in total. The van der Waals surface area contributed by atoms with E-state index in [1.165, 1.54) is 0 Å². The van der Waals surface area contributed by atoms with Gasteiger partial charge in [0.15, 0.2) is 0 Å². The zero-order valence-corrected chi connectivity index (χ0v) is 15.6. The smallest absolute Gasteiger partial charge is 0.247 e. The lowest BCUT2D eigenvalue weighted by molar-refractivity contribution is -0.130. The summed E-state index contributed by atoms with van der Waals surface area (Å²) in [6.45, 7) is 1.90. The van der Waals surface area contributed by atoms with Gasteiger partial charge in [-0.15, -0.1) is 11.8 Å². The lowest BCUT2D eigenvalue weighted by atomic mass is 9.94. The topological polar surface area (TPSA) is 85.2 Å². The van der Waals surface area contributed by atoms with E-state index in [0.29, 0.717) is 12.2 Å². The van der Waals surface area contributed by atoms with Crippen LogP contribution in [0.1, 0.15) is 13.3 Å². The number of aliphatic hydroxyl groups excluding tert-OH is 1. The number of aliphatic hydroxyl groups is 1. The summed E-state index contributed by atoms with van der Waals surface area (Å²) < 4.78 is 0. The molecule has 132 valence electrons. The Morgan fingerprint density at radius 1 is 1.39 bits per heavy atom. The predicted octanol–water partition coefficient (Wildman–Crippen LogP) is -0.348. The van der Waals surface area contributed by atoms with Gasteiger partial charge >= 0.3 is 0 Å². The van der Waals surface area contributed by atoms with Gasteiger partial charge in [-0.3, -0.25) is 19.5 Å². The van der Waals surface area contributed by atoms with Crippen LogP contribution in [0, 0.1) is 5.92 Å². The zero-order valence-electron chi connectivity index (χ0n) is 14.7. The molecule has 0 radical (unpaired) electrons. The third kappa shape index (κ3) is 5.19. The first kappa shape index (κ1) is 19.9. The van der Waals surface area contributed by atoms with Crippen molar-refractivity contribution < 1.29 is 14.7 Å². The molecule has 0 spiro atoms. The second-order valence-corrected chi connectivity index (χ2v) is 7.37. The molecule has 8 heteroatoms. The van der Waals surface area contributed by atoms with Gasteiger partial charge in [-0.2, -0.15) is 0 Å². The maximum atomic E-state index is 12.0. The van der Waals surface area contributed by atoms with Gasteiger partial charge in [0.2, 0.25) is 11.8 Å². The molecule has 1 unspecified atom stereocenters. The summed E-state index contributed by atoms with van der Waals surface area (Å²) in [6.07, 6.45) is -0.249. The molecular weight excluding hydrogens is 316 g/mol. The van der Waals surface area contributed by atoms with Crippen molar-refractivity contribution in [3.63, 3.8) is 0 Å². The van der Waals surface area contributed by atoms with Crippen molar-refractivity contribution in [3.05, 3.63) is 0 Å². The highest BCUT2D eigenvalue weighted by atomic mass is 32.2. The van der Waals surface area contributed by atoms with Crippen LogP contribution in [-0.4, -0.2) is 90.9 Å². The molecule has 1 aliphatic heterocycles. The van der Waals surface area contributed by atoms with Crippen LogP contribution < -0.4 is 5.32 Å². The monoisotopic (exact) mass is 344 g/mol. The Kier molecular flexibility index (Phi) is 7.50. The van der Waals surface area contributed by atoms with E-state index in [4.69, 9.17) is 0 Å². The molecular formula is C15H28N4O3S. The number of nitrogens with zero attached hydrogens (tertiary/aromatic N) is 3. The number of aliphatic imine (C=N–C) groups is 1. The molecule has 0 bridgehead atoms. The van der Waals surface area contributed by atoms with Crippen molar-refractivity contribution in [2.45, 2.75) is 31.5 Å². The number of hydrogen-bond donors (Lipinski definition) is 2. The Morgan fingerprint density at radius 2 is 2.00 bits per heavy atom. The number of hydrogen-bond acceptors (Lipinski definition) is 6. The van der Waals surface area contributed by atoms with E-state index in [9.17, 15) is 14.7 Å². The molecule has 1 rings (SSSR count). The van der Waals surface area contributed by atoms with E-state index in [1.807, 2.05) is 6.92 Å². The van der Waals surface area contributed by atoms with Gasteiger partial charge in [-0.1, -0.05) is 6.92 Å². The van der Waals surface area contributed by atoms with Crippen LogP contribution in [0.4, 0.5) is 0 Å². The average molecular weight is 344 g/mol. The minimum Gasteiger partial charge on any atom is -0.391 e. The van der Waals surface area contributed by atoms with Crippen molar-refractivity contribution in [1.29, 1.82) is 0 Å². The van der Waals surface area contributed by atoms with Gasteiger partial charge < -0.3 is 15.3 Å². The van der Waals surface area contributed by atoms with Crippen molar-refractivity contribution in [2.24, 2.45) is 10.9 Å². The summed E-state index contributed by atoms with van der Waals surface area (Å²) in [6, 6.07) is -0.945. The lowest BCUT2D eigenvalue weighted by Crippen LogP contribution is -2.52. The second kappa shape index (κ2) is 8.65. The van der Waals surface area contributed by atoms with Crippen LogP contribution in [0.15, 0.2) is 4.99 Å². The number of carbonyl (C=O) groups is 2. The number of nitrogens with one attached hydrogen (secondary N) is 1. The molecule has 0 aromatic heterocycles. The summed E-state index contributed by atoms with van der Waals surface area (Å²) in [5.41, 5.74) is 0.